The molecule has 2 atom stereocenters. The predicted octanol–water partition coefficient (Wildman–Crippen LogP) is 4.45. The summed E-state index contributed by atoms with van der Waals surface area (Å²) in [6, 6.07) is 0.485. The van der Waals surface area contributed by atoms with E-state index >= 15 is 0 Å². The first kappa shape index (κ1) is 15.0. The summed E-state index contributed by atoms with van der Waals surface area (Å²) < 4.78 is 0. The first-order chi connectivity index (χ1) is 10.2. The fraction of sp³-hybridized carbons (Fsp3) is 0.765. The normalized spacial score (nSPS) is 26.5. The van der Waals surface area contributed by atoms with Crippen molar-refractivity contribution in [1.82, 2.24) is 9.88 Å². The van der Waals surface area contributed by atoms with Crippen molar-refractivity contribution in [2.75, 3.05) is 6.54 Å². The van der Waals surface area contributed by atoms with Gasteiger partial charge in [-0.25, -0.2) is 4.98 Å². The van der Waals surface area contributed by atoms with Crippen molar-refractivity contribution in [3.8, 4) is 0 Å². The number of amides is 1. The van der Waals surface area contributed by atoms with E-state index in [0.717, 1.165) is 28.8 Å². The highest BCUT2D eigenvalue weighted by Gasteiger charge is 2.35. The first-order valence-corrected chi connectivity index (χ1v) is 9.25. The van der Waals surface area contributed by atoms with Gasteiger partial charge in [-0.1, -0.05) is 33.1 Å². The lowest BCUT2D eigenvalue weighted by Gasteiger charge is -2.38. The third kappa shape index (κ3) is 3.15. The highest BCUT2D eigenvalue weighted by Crippen LogP contribution is 2.35. The van der Waals surface area contributed by atoms with Gasteiger partial charge >= 0.3 is 0 Å². The van der Waals surface area contributed by atoms with Gasteiger partial charge in [-0.15, -0.1) is 11.3 Å². The molecule has 1 amide bonds. The highest BCUT2D eigenvalue weighted by molar-refractivity contribution is 7.13. The molecular formula is C17H26N2OS. The maximum Gasteiger partial charge on any atom is 0.265 e. The molecule has 3 nitrogen and oxygen atoms in total. The number of nitrogens with zero attached hydrogens (tertiary/aromatic N) is 2. The number of likely N-dealkylation sites (tertiary alicyclic amines) is 1. The lowest BCUT2D eigenvalue weighted by molar-refractivity contribution is 0.0573. The van der Waals surface area contributed by atoms with Crippen LogP contribution in [-0.2, 0) is 0 Å². The van der Waals surface area contributed by atoms with Crippen LogP contribution in [0.5, 0.6) is 0 Å². The molecule has 1 saturated heterocycles. The van der Waals surface area contributed by atoms with Crippen molar-refractivity contribution in [2.45, 2.75) is 70.8 Å². The zero-order valence-electron chi connectivity index (χ0n) is 13.2. The van der Waals surface area contributed by atoms with Crippen LogP contribution in [0.15, 0.2) is 6.20 Å². The number of rotatable bonds is 2. The van der Waals surface area contributed by atoms with Gasteiger partial charge in [0, 0.05) is 18.5 Å². The minimum Gasteiger partial charge on any atom is -0.335 e. The molecule has 0 radical (unpaired) electrons. The first-order valence-electron chi connectivity index (χ1n) is 8.43. The molecule has 1 saturated carbocycles. The molecule has 2 fully saturated rings. The maximum atomic E-state index is 12.9. The Morgan fingerprint density at radius 1 is 1.24 bits per heavy atom. The predicted molar refractivity (Wildman–Crippen MR) is 86.8 cm³/mol. The van der Waals surface area contributed by atoms with Crippen molar-refractivity contribution >= 4 is 17.2 Å². The summed E-state index contributed by atoms with van der Waals surface area (Å²) in [5.41, 5.74) is 0. The smallest absolute Gasteiger partial charge is 0.265 e. The van der Waals surface area contributed by atoms with Gasteiger partial charge in [-0.05, 0) is 31.6 Å². The molecule has 3 rings (SSSR count). The summed E-state index contributed by atoms with van der Waals surface area (Å²) in [5, 5.41) is 1.08. The molecule has 2 aliphatic rings. The summed E-state index contributed by atoms with van der Waals surface area (Å²) in [4.78, 5) is 20.4. The van der Waals surface area contributed by atoms with Crippen LogP contribution in [0, 0.1) is 5.92 Å². The zero-order chi connectivity index (χ0) is 14.8. The Morgan fingerprint density at radius 3 is 2.67 bits per heavy atom. The minimum atomic E-state index is 0.234. The van der Waals surface area contributed by atoms with Crippen LogP contribution in [0.2, 0.25) is 0 Å². The number of thiazole rings is 1. The largest absolute Gasteiger partial charge is 0.335 e. The molecule has 1 aromatic heterocycles. The van der Waals surface area contributed by atoms with E-state index < -0.39 is 0 Å². The second kappa shape index (κ2) is 6.47. The second-order valence-electron chi connectivity index (χ2n) is 6.82. The monoisotopic (exact) mass is 306 g/mol. The summed E-state index contributed by atoms with van der Waals surface area (Å²) in [5.74, 6) is 1.38. The molecular weight excluding hydrogens is 280 g/mol. The van der Waals surface area contributed by atoms with Gasteiger partial charge in [-0.3, -0.25) is 4.79 Å². The lowest BCUT2D eigenvalue weighted by Crippen LogP contribution is -2.44. The summed E-state index contributed by atoms with van der Waals surface area (Å²) in [6.07, 6.45) is 10.7. The Morgan fingerprint density at radius 2 is 1.95 bits per heavy atom. The van der Waals surface area contributed by atoms with E-state index in [2.05, 4.69) is 23.7 Å². The molecule has 0 N–H and O–H groups in total. The molecule has 21 heavy (non-hydrogen) atoms. The fourth-order valence-corrected chi connectivity index (χ4v) is 4.71. The van der Waals surface area contributed by atoms with E-state index in [1.807, 2.05) is 0 Å². The van der Waals surface area contributed by atoms with Crippen LogP contribution in [0.25, 0.3) is 0 Å². The van der Waals surface area contributed by atoms with Gasteiger partial charge in [0.2, 0.25) is 0 Å². The van der Waals surface area contributed by atoms with E-state index in [1.165, 1.54) is 38.5 Å². The second-order valence-corrected chi connectivity index (χ2v) is 7.89. The Labute approximate surface area is 131 Å². The SMILES string of the molecule is CC(C)c1ncc(C(=O)N2CCCC[C@H]3CCCC[C@H]32)s1. The molecule has 0 bridgehead atoms. The molecule has 1 aliphatic carbocycles. The van der Waals surface area contributed by atoms with Crippen LogP contribution >= 0.6 is 11.3 Å². The fourth-order valence-electron chi connectivity index (χ4n) is 3.84. The number of hydrogen-bond donors (Lipinski definition) is 0. The van der Waals surface area contributed by atoms with Gasteiger partial charge < -0.3 is 4.90 Å². The van der Waals surface area contributed by atoms with E-state index in [0.29, 0.717) is 12.0 Å². The quantitative estimate of drug-likeness (QED) is 0.808. The Balaban J connectivity index is 1.80. The third-order valence-corrected chi connectivity index (χ3v) is 6.27. The van der Waals surface area contributed by atoms with Gasteiger partial charge in [-0.2, -0.15) is 0 Å². The molecule has 116 valence electrons. The van der Waals surface area contributed by atoms with E-state index in [9.17, 15) is 4.79 Å². The molecule has 2 heterocycles. The van der Waals surface area contributed by atoms with Crippen molar-refractivity contribution < 1.29 is 4.79 Å². The van der Waals surface area contributed by atoms with E-state index in [1.54, 1.807) is 17.5 Å². The van der Waals surface area contributed by atoms with Crippen molar-refractivity contribution in [2.24, 2.45) is 5.92 Å². The van der Waals surface area contributed by atoms with Gasteiger partial charge in [0.25, 0.3) is 5.91 Å². The van der Waals surface area contributed by atoms with Gasteiger partial charge in [0.1, 0.15) is 4.88 Å². The number of carbonyl (C=O) groups is 1. The van der Waals surface area contributed by atoms with Crippen LogP contribution in [-0.4, -0.2) is 28.4 Å². The molecule has 4 heteroatoms. The van der Waals surface area contributed by atoms with Crippen LogP contribution in [0.1, 0.15) is 79.4 Å². The summed E-state index contributed by atoms with van der Waals surface area (Å²) in [6.45, 7) is 5.21. The van der Waals surface area contributed by atoms with E-state index in [-0.39, 0.29) is 5.91 Å². The van der Waals surface area contributed by atoms with Crippen LogP contribution in [0.4, 0.5) is 0 Å². The molecule has 0 spiro atoms. The van der Waals surface area contributed by atoms with Gasteiger partial charge in [0.05, 0.1) is 11.2 Å². The number of fused-ring (bicyclic) bond motifs is 1. The van der Waals surface area contributed by atoms with Crippen molar-refractivity contribution in [1.29, 1.82) is 0 Å². The van der Waals surface area contributed by atoms with Crippen LogP contribution in [0.3, 0.4) is 0 Å². The number of hydrogen-bond acceptors (Lipinski definition) is 3. The lowest BCUT2D eigenvalue weighted by atomic mass is 9.81. The van der Waals surface area contributed by atoms with Crippen molar-refractivity contribution in [3.63, 3.8) is 0 Å². The molecule has 0 aromatic carbocycles. The average Bonchev–Trinajstić information content (AvgIpc) is 2.88. The molecule has 1 aromatic rings. The Bertz CT molecular complexity index is 497. The standard InChI is InChI=1S/C17H26N2OS/c1-12(2)16-18-11-15(21-16)17(20)19-10-6-5-8-13-7-3-4-9-14(13)19/h11-14H,3-10H2,1-2H3/t13-,14-/m1/s1. The third-order valence-electron chi connectivity index (χ3n) is 4.98. The van der Waals surface area contributed by atoms with Crippen molar-refractivity contribution in [3.05, 3.63) is 16.1 Å². The summed E-state index contributed by atoms with van der Waals surface area (Å²) in [7, 11) is 0. The van der Waals surface area contributed by atoms with Gasteiger partial charge in [0.15, 0.2) is 0 Å². The summed E-state index contributed by atoms with van der Waals surface area (Å²) >= 11 is 1.59. The Hall–Kier alpha value is -0.900. The maximum absolute atomic E-state index is 12.9. The van der Waals surface area contributed by atoms with E-state index in [4.69, 9.17) is 0 Å². The van der Waals surface area contributed by atoms with Crippen LogP contribution < -0.4 is 0 Å². The Kier molecular flexibility index (Phi) is 4.63. The highest BCUT2D eigenvalue weighted by atomic mass is 32.1. The minimum absolute atomic E-state index is 0.234. The topological polar surface area (TPSA) is 33.2 Å². The molecule has 1 aliphatic heterocycles. The number of aromatic nitrogens is 1. The number of carbonyl (C=O) groups excluding carboxylic acids is 1. The zero-order valence-corrected chi connectivity index (χ0v) is 14.0. The average molecular weight is 306 g/mol. The molecule has 0 unspecified atom stereocenters.